The highest BCUT2D eigenvalue weighted by Gasteiger charge is 2.39. The van der Waals surface area contributed by atoms with Crippen molar-refractivity contribution >= 4 is 27.5 Å². The summed E-state index contributed by atoms with van der Waals surface area (Å²) < 4.78 is 33.6. The molecule has 1 amide bonds. The van der Waals surface area contributed by atoms with Crippen LogP contribution in [0, 0.1) is 0 Å². The average molecular weight is 498 g/mol. The Balaban J connectivity index is 1.50. The fourth-order valence-electron chi connectivity index (χ4n) is 5.46. The fraction of sp³-hybridized carbons (Fsp3) is 0.708. The smallest absolute Gasteiger partial charge is 0.251 e. The number of morpholine rings is 1. The molecule has 0 atom stereocenters. The van der Waals surface area contributed by atoms with Crippen molar-refractivity contribution in [3.63, 3.8) is 0 Å². The van der Waals surface area contributed by atoms with E-state index in [0.29, 0.717) is 25.2 Å². The van der Waals surface area contributed by atoms with Gasteiger partial charge in [0.25, 0.3) is 5.91 Å². The van der Waals surface area contributed by atoms with Crippen LogP contribution < -0.4 is 5.32 Å². The van der Waals surface area contributed by atoms with Gasteiger partial charge in [-0.25, -0.2) is 8.42 Å². The molecule has 0 aromatic heterocycles. The van der Waals surface area contributed by atoms with Crippen LogP contribution in [0.2, 0.25) is 5.02 Å². The molecule has 9 heteroatoms. The van der Waals surface area contributed by atoms with E-state index in [1.165, 1.54) is 22.9 Å². The zero-order valence-electron chi connectivity index (χ0n) is 19.4. The Morgan fingerprint density at radius 2 is 1.61 bits per heavy atom. The number of amides is 1. The summed E-state index contributed by atoms with van der Waals surface area (Å²) in [5, 5.41) is 3.28. The Morgan fingerprint density at radius 3 is 2.27 bits per heavy atom. The lowest BCUT2D eigenvalue weighted by Crippen LogP contribution is -2.59. The van der Waals surface area contributed by atoms with E-state index in [0.717, 1.165) is 77.7 Å². The van der Waals surface area contributed by atoms with E-state index in [2.05, 4.69) is 10.2 Å². The molecule has 1 N–H and O–H groups in total. The quantitative estimate of drug-likeness (QED) is 0.648. The summed E-state index contributed by atoms with van der Waals surface area (Å²) in [4.78, 5) is 15.6. The van der Waals surface area contributed by atoms with Gasteiger partial charge in [0.1, 0.15) is 4.90 Å². The van der Waals surface area contributed by atoms with E-state index >= 15 is 0 Å². The van der Waals surface area contributed by atoms with Crippen molar-refractivity contribution in [2.24, 2.45) is 0 Å². The Bertz CT molecular complexity index is 920. The van der Waals surface area contributed by atoms with Crippen molar-refractivity contribution in [2.75, 3.05) is 45.9 Å². The van der Waals surface area contributed by atoms with Gasteiger partial charge in [-0.15, -0.1) is 0 Å². The minimum atomic E-state index is -3.74. The Labute approximate surface area is 202 Å². The predicted octanol–water partition coefficient (Wildman–Crippen LogP) is 3.67. The number of halogens is 1. The third-order valence-corrected chi connectivity index (χ3v) is 9.80. The molecule has 0 spiro atoms. The number of rotatable bonds is 6. The summed E-state index contributed by atoms with van der Waals surface area (Å²) in [6.07, 6.45) is 9.43. The maximum atomic E-state index is 13.3. The van der Waals surface area contributed by atoms with Gasteiger partial charge in [0, 0.05) is 43.8 Å². The topological polar surface area (TPSA) is 79.0 Å². The molecule has 0 unspecified atom stereocenters. The molecule has 2 saturated heterocycles. The summed E-state index contributed by atoms with van der Waals surface area (Å²) >= 11 is 6.31. The van der Waals surface area contributed by atoms with Crippen LogP contribution in [0.25, 0.3) is 0 Å². The third-order valence-electron chi connectivity index (χ3n) is 7.42. The van der Waals surface area contributed by atoms with E-state index < -0.39 is 10.0 Å². The summed E-state index contributed by atoms with van der Waals surface area (Å²) in [6, 6.07) is 4.58. The predicted molar refractivity (Wildman–Crippen MR) is 129 cm³/mol. The molecule has 4 rings (SSSR count). The van der Waals surface area contributed by atoms with Gasteiger partial charge < -0.3 is 10.1 Å². The van der Waals surface area contributed by atoms with E-state index in [1.807, 2.05) is 0 Å². The number of benzene rings is 1. The first-order valence-electron chi connectivity index (χ1n) is 12.3. The molecule has 184 valence electrons. The number of carbonyl (C=O) groups excluding carboxylic acids is 1. The van der Waals surface area contributed by atoms with Gasteiger partial charge in [-0.2, -0.15) is 4.31 Å². The number of nitrogens with zero attached hydrogens (tertiary/aromatic N) is 2. The molecule has 3 aliphatic rings. The minimum Gasteiger partial charge on any atom is -0.379 e. The number of nitrogens with one attached hydrogen (secondary N) is 1. The largest absolute Gasteiger partial charge is 0.379 e. The molecule has 0 radical (unpaired) electrons. The first-order valence-corrected chi connectivity index (χ1v) is 14.1. The van der Waals surface area contributed by atoms with Crippen LogP contribution in [0.5, 0.6) is 0 Å². The van der Waals surface area contributed by atoms with Crippen molar-refractivity contribution in [1.82, 2.24) is 14.5 Å². The molecule has 2 heterocycles. The highest BCUT2D eigenvalue weighted by Crippen LogP contribution is 2.34. The average Bonchev–Trinajstić information content (AvgIpc) is 3.14. The van der Waals surface area contributed by atoms with Crippen LogP contribution in [0.1, 0.15) is 68.1 Å². The molecule has 0 bridgehead atoms. The minimum absolute atomic E-state index is 0.0271. The molecule has 33 heavy (non-hydrogen) atoms. The number of hydrogen-bond acceptors (Lipinski definition) is 5. The van der Waals surface area contributed by atoms with Gasteiger partial charge in [-0.05, 0) is 43.9 Å². The van der Waals surface area contributed by atoms with Crippen molar-refractivity contribution in [3.05, 3.63) is 28.8 Å². The molecule has 1 saturated carbocycles. The lowest BCUT2D eigenvalue weighted by atomic mass is 9.79. The van der Waals surface area contributed by atoms with E-state index in [9.17, 15) is 13.2 Å². The lowest BCUT2D eigenvalue weighted by Gasteiger charge is -2.48. The summed E-state index contributed by atoms with van der Waals surface area (Å²) in [5.74, 6) is -0.253. The molecule has 1 aromatic rings. The normalized spacial score (nSPS) is 23.1. The summed E-state index contributed by atoms with van der Waals surface area (Å²) in [7, 11) is -3.74. The van der Waals surface area contributed by atoms with Gasteiger partial charge in [0.15, 0.2) is 0 Å². The van der Waals surface area contributed by atoms with Crippen molar-refractivity contribution in [3.8, 4) is 0 Å². The van der Waals surface area contributed by atoms with Crippen molar-refractivity contribution in [2.45, 2.75) is 68.2 Å². The van der Waals surface area contributed by atoms with Crippen LogP contribution >= 0.6 is 11.6 Å². The second-order valence-electron chi connectivity index (χ2n) is 9.53. The van der Waals surface area contributed by atoms with Gasteiger partial charge in [0.2, 0.25) is 10.0 Å². The van der Waals surface area contributed by atoms with E-state index in [4.69, 9.17) is 16.3 Å². The number of hydrogen-bond donors (Lipinski definition) is 1. The monoisotopic (exact) mass is 497 g/mol. The van der Waals surface area contributed by atoms with Gasteiger partial charge in [-0.3, -0.25) is 9.69 Å². The summed E-state index contributed by atoms with van der Waals surface area (Å²) in [6.45, 7) is 4.77. The molecule has 2 aliphatic heterocycles. The molecule has 1 aliphatic carbocycles. The number of ether oxygens (including phenoxy) is 1. The fourth-order valence-corrected chi connectivity index (χ4v) is 7.48. The standard InChI is InChI=1S/C24H36ClN3O4S/c25-21-9-8-20(18-22(21)33(30,31)28-12-6-1-2-7-13-28)23(29)26-19-24(10-4-3-5-11-24)27-14-16-32-17-15-27/h8-9,18H,1-7,10-17,19H2,(H,26,29). The number of carbonyl (C=O) groups is 1. The molecule has 3 fully saturated rings. The van der Waals surface area contributed by atoms with Crippen LogP contribution in [0.3, 0.4) is 0 Å². The first-order chi connectivity index (χ1) is 15.9. The zero-order chi connectivity index (χ0) is 23.3. The van der Waals surface area contributed by atoms with Gasteiger partial charge in [0.05, 0.1) is 18.2 Å². The van der Waals surface area contributed by atoms with Crippen LogP contribution in [-0.4, -0.2) is 75.0 Å². The van der Waals surface area contributed by atoms with Gasteiger partial charge in [-0.1, -0.05) is 43.7 Å². The first kappa shape index (κ1) is 24.9. The second-order valence-corrected chi connectivity index (χ2v) is 11.8. The Kier molecular flexibility index (Phi) is 8.33. The highest BCUT2D eigenvalue weighted by molar-refractivity contribution is 7.89. The summed E-state index contributed by atoms with van der Waals surface area (Å²) in [5.41, 5.74) is 0.283. The van der Waals surface area contributed by atoms with Crippen LogP contribution in [0.15, 0.2) is 23.1 Å². The van der Waals surface area contributed by atoms with Crippen molar-refractivity contribution in [1.29, 1.82) is 0 Å². The van der Waals surface area contributed by atoms with Crippen LogP contribution in [0.4, 0.5) is 0 Å². The maximum absolute atomic E-state index is 13.3. The third kappa shape index (κ3) is 5.73. The van der Waals surface area contributed by atoms with E-state index in [1.54, 1.807) is 6.07 Å². The second kappa shape index (κ2) is 11.0. The number of sulfonamides is 1. The maximum Gasteiger partial charge on any atom is 0.251 e. The molecule has 7 nitrogen and oxygen atoms in total. The Hall–Kier alpha value is -1.19. The van der Waals surface area contributed by atoms with E-state index in [-0.39, 0.29) is 21.4 Å². The SMILES string of the molecule is O=C(NCC1(N2CCOCC2)CCCCC1)c1ccc(Cl)c(S(=O)(=O)N2CCCCCC2)c1. The Morgan fingerprint density at radius 1 is 0.970 bits per heavy atom. The molecular formula is C24H36ClN3O4S. The van der Waals surface area contributed by atoms with Crippen LogP contribution in [-0.2, 0) is 14.8 Å². The van der Waals surface area contributed by atoms with Crippen molar-refractivity contribution < 1.29 is 17.9 Å². The lowest BCUT2D eigenvalue weighted by molar-refractivity contribution is -0.0361. The molecular weight excluding hydrogens is 462 g/mol. The van der Waals surface area contributed by atoms with Gasteiger partial charge >= 0.3 is 0 Å². The molecule has 1 aromatic carbocycles. The highest BCUT2D eigenvalue weighted by atomic mass is 35.5. The zero-order valence-corrected chi connectivity index (χ0v) is 20.9.